The third kappa shape index (κ3) is 4.63. The van der Waals surface area contributed by atoms with Crippen molar-refractivity contribution in [2.45, 2.75) is 32.2 Å². The summed E-state index contributed by atoms with van der Waals surface area (Å²) in [5.41, 5.74) is 1.74. The van der Waals surface area contributed by atoms with Gasteiger partial charge < -0.3 is 20.3 Å². The number of nitrogens with zero attached hydrogens (tertiary/aromatic N) is 1. The number of anilines is 2. The van der Waals surface area contributed by atoms with Crippen molar-refractivity contribution in [2.24, 2.45) is 0 Å². The van der Waals surface area contributed by atoms with Gasteiger partial charge in [-0.25, -0.2) is 0 Å². The number of methoxy groups -OCH3 is 1. The summed E-state index contributed by atoms with van der Waals surface area (Å²) in [6.45, 7) is 3.79. The van der Waals surface area contributed by atoms with E-state index in [4.69, 9.17) is 4.74 Å². The minimum absolute atomic E-state index is 0.0965. The monoisotopic (exact) mass is 291 g/mol. The molecule has 0 aliphatic carbocycles. The second-order valence-corrected chi connectivity index (χ2v) is 5.67. The molecule has 0 saturated carbocycles. The lowest BCUT2D eigenvalue weighted by Crippen LogP contribution is -2.23. The van der Waals surface area contributed by atoms with Crippen molar-refractivity contribution in [3.63, 3.8) is 0 Å². The van der Waals surface area contributed by atoms with Gasteiger partial charge >= 0.3 is 0 Å². The summed E-state index contributed by atoms with van der Waals surface area (Å²) in [6, 6.07) is 6.31. The summed E-state index contributed by atoms with van der Waals surface area (Å²) in [7, 11) is 3.79. The van der Waals surface area contributed by atoms with Crippen molar-refractivity contribution in [3.8, 4) is 5.75 Å². The Morgan fingerprint density at radius 3 is 2.86 bits per heavy atom. The molecule has 0 radical (unpaired) electrons. The lowest BCUT2D eigenvalue weighted by Gasteiger charge is -2.19. The Labute approximate surface area is 126 Å². The number of benzene rings is 1. The lowest BCUT2D eigenvalue weighted by atomic mass is 10.1. The van der Waals surface area contributed by atoms with E-state index in [2.05, 4.69) is 22.6 Å². The van der Waals surface area contributed by atoms with Crippen molar-refractivity contribution >= 4 is 17.3 Å². The van der Waals surface area contributed by atoms with E-state index in [0.717, 1.165) is 18.7 Å². The van der Waals surface area contributed by atoms with Gasteiger partial charge in [0.2, 0.25) is 5.91 Å². The molecule has 1 aliphatic rings. The largest absolute Gasteiger partial charge is 0.494 e. The molecule has 1 aliphatic heterocycles. The Morgan fingerprint density at radius 2 is 2.14 bits per heavy atom. The zero-order valence-electron chi connectivity index (χ0n) is 13.1. The Hall–Kier alpha value is -1.75. The van der Waals surface area contributed by atoms with E-state index in [9.17, 15) is 4.79 Å². The first kappa shape index (κ1) is 15.6. The zero-order valence-corrected chi connectivity index (χ0v) is 13.1. The second-order valence-electron chi connectivity index (χ2n) is 5.67. The van der Waals surface area contributed by atoms with Crippen LogP contribution in [0.25, 0.3) is 0 Å². The summed E-state index contributed by atoms with van der Waals surface area (Å²) in [5.74, 6) is 0.585. The predicted molar refractivity (Wildman–Crippen MR) is 86.1 cm³/mol. The van der Waals surface area contributed by atoms with E-state index < -0.39 is 0 Å². The average molecular weight is 291 g/mol. The van der Waals surface area contributed by atoms with Gasteiger partial charge in [0, 0.05) is 24.7 Å². The number of nitrogens with one attached hydrogen (secondary N) is 2. The second kappa shape index (κ2) is 7.31. The highest BCUT2D eigenvalue weighted by atomic mass is 16.5. The highest BCUT2D eigenvalue weighted by molar-refractivity contribution is 5.90. The van der Waals surface area contributed by atoms with Crippen LogP contribution in [0, 0.1) is 0 Å². The number of hydrogen-bond donors (Lipinski definition) is 2. The van der Waals surface area contributed by atoms with Crippen molar-refractivity contribution in [1.29, 1.82) is 0 Å². The van der Waals surface area contributed by atoms with Crippen LogP contribution < -0.4 is 15.4 Å². The maximum absolute atomic E-state index is 11.2. The van der Waals surface area contributed by atoms with Crippen LogP contribution in [0.2, 0.25) is 0 Å². The van der Waals surface area contributed by atoms with E-state index in [0.29, 0.717) is 17.5 Å². The highest BCUT2D eigenvalue weighted by Crippen LogP contribution is 2.29. The van der Waals surface area contributed by atoms with Gasteiger partial charge in [0.1, 0.15) is 5.75 Å². The number of ether oxygens (including phenoxy) is 1. The van der Waals surface area contributed by atoms with Crippen LogP contribution in [-0.2, 0) is 4.79 Å². The van der Waals surface area contributed by atoms with Crippen molar-refractivity contribution in [3.05, 3.63) is 18.2 Å². The fraction of sp³-hybridized carbons (Fsp3) is 0.562. The molecule has 5 nitrogen and oxygen atoms in total. The molecular weight excluding hydrogens is 266 g/mol. The number of likely N-dealkylation sites (tertiary alicyclic amines) is 1. The molecule has 1 saturated heterocycles. The van der Waals surface area contributed by atoms with Crippen LogP contribution in [0.15, 0.2) is 18.2 Å². The van der Waals surface area contributed by atoms with Gasteiger partial charge in [-0.1, -0.05) is 0 Å². The predicted octanol–water partition coefficient (Wildman–Crippen LogP) is 2.55. The van der Waals surface area contributed by atoms with Crippen molar-refractivity contribution < 1.29 is 9.53 Å². The van der Waals surface area contributed by atoms with Crippen LogP contribution in [0.5, 0.6) is 5.75 Å². The van der Waals surface area contributed by atoms with Gasteiger partial charge in [-0.2, -0.15) is 0 Å². The summed E-state index contributed by atoms with van der Waals surface area (Å²) < 4.78 is 5.35. The molecule has 0 aromatic heterocycles. The number of amides is 1. The van der Waals surface area contributed by atoms with Crippen molar-refractivity contribution in [1.82, 2.24) is 4.90 Å². The van der Waals surface area contributed by atoms with E-state index >= 15 is 0 Å². The molecule has 21 heavy (non-hydrogen) atoms. The fourth-order valence-electron chi connectivity index (χ4n) is 2.69. The molecule has 1 unspecified atom stereocenters. The smallest absolute Gasteiger partial charge is 0.221 e. The van der Waals surface area contributed by atoms with Gasteiger partial charge in [-0.15, -0.1) is 0 Å². The summed E-state index contributed by atoms with van der Waals surface area (Å²) >= 11 is 0. The number of carbonyl (C=O) groups is 1. The Bertz CT molecular complexity index is 490. The third-order valence-electron chi connectivity index (χ3n) is 3.83. The summed E-state index contributed by atoms with van der Waals surface area (Å²) in [6.07, 6.45) is 3.54. The first-order valence-corrected chi connectivity index (χ1v) is 7.49. The molecule has 1 heterocycles. The molecule has 1 aromatic carbocycles. The minimum Gasteiger partial charge on any atom is -0.494 e. The first-order chi connectivity index (χ1) is 10.1. The Kier molecular flexibility index (Phi) is 5.44. The number of hydrogen-bond acceptors (Lipinski definition) is 4. The molecule has 1 aromatic rings. The minimum atomic E-state index is -0.0965. The van der Waals surface area contributed by atoms with Gasteiger partial charge in [0.05, 0.1) is 12.8 Å². The topological polar surface area (TPSA) is 53.6 Å². The van der Waals surface area contributed by atoms with Crippen LogP contribution in [-0.4, -0.2) is 44.1 Å². The summed E-state index contributed by atoms with van der Waals surface area (Å²) in [5, 5.41) is 6.35. The van der Waals surface area contributed by atoms with Gasteiger partial charge in [0.25, 0.3) is 0 Å². The van der Waals surface area contributed by atoms with E-state index in [1.807, 2.05) is 18.2 Å². The van der Waals surface area contributed by atoms with Crippen LogP contribution in [0.1, 0.15) is 26.2 Å². The van der Waals surface area contributed by atoms with Crippen LogP contribution in [0.3, 0.4) is 0 Å². The van der Waals surface area contributed by atoms with E-state index in [1.165, 1.54) is 26.3 Å². The van der Waals surface area contributed by atoms with Gasteiger partial charge in [-0.05, 0) is 51.5 Å². The first-order valence-electron chi connectivity index (χ1n) is 7.49. The fourth-order valence-corrected chi connectivity index (χ4v) is 2.69. The molecule has 1 amide bonds. The lowest BCUT2D eigenvalue weighted by molar-refractivity contribution is -0.114. The molecule has 2 N–H and O–H groups in total. The average Bonchev–Trinajstić information content (AvgIpc) is 2.65. The quantitative estimate of drug-likeness (QED) is 0.895. The van der Waals surface area contributed by atoms with E-state index in [-0.39, 0.29) is 5.91 Å². The van der Waals surface area contributed by atoms with Crippen molar-refractivity contribution in [2.75, 3.05) is 37.9 Å². The highest BCUT2D eigenvalue weighted by Gasteiger charge is 2.15. The molecular formula is C16H25N3O2. The summed E-state index contributed by atoms with van der Waals surface area (Å²) in [4.78, 5) is 13.5. The van der Waals surface area contributed by atoms with Crippen LogP contribution >= 0.6 is 0 Å². The number of rotatable bonds is 4. The molecule has 0 bridgehead atoms. The number of carbonyl (C=O) groups excluding carboxylic acids is 1. The van der Waals surface area contributed by atoms with Crippen LogP contribution in [0.4, 0.5) is 11.4 Å². The Morgan fingerprint density at radius 1 is 1.33 bits per heavy atom. The van der Waals surface area contributed by atoms with E-state index in [1.54, 1.807) is 7.11 Å². The van der Waals surface area contributed by atoms with Gasteiger partial charge in [-0.3, -0.25) is 4.79 Å². The molecule has 116 valence electrons. The molecule has 1 fully saturated rings. The normalized spacial score (nSPS) is 19.7. The standard InChI is InChI=1S/C16H25N3O2/c1-12(20)17-15-7-6-14(11-16(15)21-3)18-13-5-4-9-19(2)10-8-13/h6-7,11,13,18H,4-5,8-10H2,1-3H3,(H,17,20). The zero-order chi connectivity index (χ0) is 15.2. The molecule has 0 spiro atoms. The Balaban J connectivity index is 2.04. The maximum Gasteiger partial charge on any atom is 0.221 e. The third-order valence-corrected chi connectivity index (χ3v) is 3.83. The SMILES string of the molecule is COc1cc(NC2CCCN(C)CC2)ccc1NC(C)=O. The maximum atomic E-state index is 11.2. The van der Waals surface area contributed by atoms with Gasteiger partial charge in [0.15, 0.2) is 0 Å². The molecule has 1 atom stereocenters. The molecule has 2 rings (SSSR count). The molecule has 5 heteroatoms.